The lowest BCUT2D eigenvalue weighted by Crippen LogP contribution is -2.48. The molecule has 5 heteroatoms. The number of H-pyrrole nitrogens is 1. The zero-order chi connectivity index (χ0) is 16.2. The number of benzene rings is 1. The highest BCUT2D eigenvalue weighted by Crippen LogP contribution is 2.13. The highest BCUT2D eigenvalue weighted by Gasteiger charge is 2.22. The Morgan fingerprint density at radius 1 is 1.17 bits per heavy atom. The van der Waals surface area contributed by atoms with Crippen LogP contribution in [0.3, 0.4) is 0 Å². The molecule has 0 saturated carbocycles. The summed E-state index contributed by atoms with van der Waals surface area (Å²) in [6.45, 7) is 8.39. The number of nitrogens with one attached hydrogen (secondary N) is 1. The van der Waals surface area contributed by atoms with E-state index in [1.165, 1.54) is 0 Å². The molecule has 0 spiro atoms. The van der Waals surface area contributed by atoms with Crippen LogP contribution in [-0.4, -0.2) is 51.9 Å². The smallest absolute Gasteiger partial charge is 0.253 e. The molecule has 0 aliphatic carbocycles. The van der Waals surface area contributed by atoms with Crippen LogP contribution in [-0.2, 0) is 13.0 Å². The molecule has 1 aromatic carbocycles. The Morgan fingerprint density at radius 2 is 1.87 bits per heavy atom. The van der Waals surface area contributed by atoms with E-state index in [-0.39, 0.29) is 5.91 Å². The van der Waals surface area contributed by atoms with Crippen LogP contribution in [0.15, 0.2) is 30.3 Å². The van der Waals surface area contributed by atoms with Gasteiger partial charge in [0.25, 0.3) is 5.91 Å². The van der Waals surface area contributed by atoms with Gasteiger partial charge in [0.1, 0.15) is 5.82 Å². The fourth-order valence-electron chi connectivity index (χ4n) is 2.97. The van der Waals surface area contributed by atoms with Crippen molar-refractivity contribution in [3.05, 3.63) is 53.1 Å². The van der Waals surface area contributed by atoms with Gasteiger partial charge < -0.3 is 9.88 Å². The second-order valence-electron chi connectivity index (χ2n) is 6.04. The number of hydrogen-bond acceptors (Lipinski definition) is 3. The summed E-state index contributed by atoms with van der Waals surface area (Å²) >= 11 is 0. The van der Waals surface area contributed by atoms with Crippen molar-refractivity contribution in [1.82, 2.24) is 19.8 Å². The molecule has 0 atom stereocenters. The van der Waals surface area contributed by atoms with Crippen LogP contribution in [0.25, 0.3) is 0 Å². The van der Waals surface area contributed by atoms with Crippen molar-refractivity contribution in [2.24, 2.45) is 0 Å². The van der Waals surface area contributed by atoms with Gasteiger partial charge in [0, 0.05) is 50.4 Å². The van der Waals surface area contributed by atoms with Crippen molar-refractivity contribution < 1.29 is 4.79 Å². The van der Waals surface area contributed by atoms with Crippen LogP contribution in [0.5, 0.6) is 0 Å². The molecule has 3 rings (SSSR count). The maximum absolute atomic E-state index is 12.5. The van der Waals surface area contributed by atoms with Crippen molar-refractivity contribution in [2.45, 2.75) is 26.8 Å². The third-order valence-corrected chi connectivity index (χ3v) is 4.42. The van der Waals surface area contributed by atoms with E-state index < -0.39 is 0 Å². The zero-order valence-electron chi connectivity index (χ0n) is 13.9. The number of imidazole rings is 1. The first-order valence-electron chi connectivity index (χ1n) is 8.28. The van der Waals surface area contributed by atoms with Crippen LogP contribution in [0.2, 0.25) is 0 Å². The summed E-state index contributed by atoms with van der Waals surface area (Å²) in [5.74, 6) is 1.19. The first-order chi connectivity index (χ1) is 11.2. The Kier molecular flexibility index (Phi) is 4.76. The Morgan fingerprint density at radius 3 is 2.48 bits per heavy atom. The Bertz CT molecular complexity index is 657. The van der Waals surface area contributed by atoms with Gasteiger partial charge in [-0.05, 0) is 19.1 Å². The molecule has 1 N–H and O–H groups in total. The maximum atomic E-state index is 12.5. The van der Waals surface area contributed by atoms with Gasteiger partial charge in [-0.15, -0.1) is 0 Å². The average Bonchev–Trinajstić information content (AvgIpc) is 2.96. The Labute approximate surface area is 137 Å². The third-order valence-electron chi connectivity index (χ3n) is 4.42. The zero-order valence-corrected chi connectivity index (χ0v) is 13.9. The molecule has 1 amide bonds. The van der Waals surface area contributed by atoms with E-state index in [0.717, 1.165) is 61.9 Å². The normalized spacial score (nSPS) is 15.8. The van der Waals surface area contributed by atoms with Crippen molar-refractivity contribution in [3.63, 3.8) is 0 Å². The number of carbonyl (C=O) groups excluding carboxylic acids is 1. The molecule has 1 aliphatic rings. The summed E-state index contributed by atoms with van der Waals surface area (Å²) in [6.07, 6.45) is 0.931. The first kappa shape index (κ1) is 15.7. The molecule has 0 bridgehead atoms. The number of amides is 1. The summed E-state index contributed by atoms with van der Waals surface area (Å²) in [5.41, 5.74) is 3.06. The van der Waals surface area contributed by atoms with Gasteiger partial charge in [-0.1, -0.05) is 25.1 Å². The first-order valence-corrected chi connectivity index (χ1v) is 8.28. The average molecular weight is 312 g/mol. The number of aromatic amines is 1. The summed E-state index contributed by atoms with van der Waals surface area (Å²) in [6, 6.07) is 9.53. The molecule has 1 aliphatic heterocycles. The third kappa shape index (κ3) is 3.62. The van der Waals surface area contributed by atoms with E-state index in [0.29, 0.717) is 0 Å². The topological polar surface area (TPSA) is 52.2 Å². The molecule has 5 nitrogen and oxygen atoms in total. The number of aryl methyl sites for hydroxylation is 2. The van der Waals surface area contributed by atoms with E-state index in [1.54, 1.807) is 0 Å². The van der Waals surface area contributed by atoms with E-state index >= 15 is 0 Å². The lowest BCUT2D eigenvalue weighted by Gasteiger charge is -2.34. The minimum atomic E-state index is 0.134. The number of nitrogens with zero attached hydrogens (tertiary/aromatic N) is 3. The van der Waals surface area contributed by atoms with Gasteiger partial charge in [-0.3, -0.25) is 9.69 Å². The number of rotatable bonds is 4. The van der Waals surface area contributed by atoms with Gasteiger partial charge in [0.2, 0.25) is 0 Å². The second-order valence-corrected chi connectivity index (χ2v) is 6.04. The number of aromatic nitrogens is 2. The lowest BCUT2D eigenvalue weighted by molar-refractivity contribution is 0.0627. The second kappa shape index (κ2) is 6.96. The fourth-order valence-corrected chi connectivity index (χ4v) is 2.97. The predicted octanol–water partition coefficient (Wildman–Crippen LogP) is 2.24. The molecule has 0 radical (unpaired) electrons. The molecule has 1 aromatic heterocycles. The SMILES string of the molecule is CCc1nc(CN2CCN(C(=O)c3ccccc3)CC2)c(C)[nH]1. The molecule has 23 heavy (non-hydrogen) atoms. The van der Waals surface area contributed by atoms with Crippen molar-refractivity contribution in [1.29, 1.82) is 0 Å². The minimum absolute atomic E-state index is 0.134. The van der Waals surface area contributed by atoms with E-state index in [4.69, 9.17) is 0 Å². The molecular formula is C18H24N4O. The fraction of sp³-hybridized carbons (Fsp3) is 0.444. The standard InChI is InChI=1S/C18H24N4O/c1-3-17-19-14(2)16(20-17)13-21-9-11-22(12-10-21)18(23)15-7-5-4-6-8-15/h4-8H,3,9-13H2,1-2H3,(H,19,20). The molecular weight excluding hydrogens is 288 g/mol. The Balaban J connectivity index is 1.56. The van der Waals surface area contributed by atoms with Crippen molar-refractivity contribution in [2.75, 3.05) is 26.2 Å². The molecule has 122 valence electrons. The summed E-state index contributed by atoms with van der Waals surface area (Å²) in [4.78, 5) is 24.7. The summed E-state index contributed by atoms with van der Waals surface area (Å²) < 4.78 is 0. The quantitative estimate of drug-likeness (QED) is 0.942. The number of piperazine rings is 1. The van der Waals surface area contributed by atoms with Crippen LogP contribution >= 0.6 is 0 Å². The molecule has 2 aromatic rings. The Hall–Kier alpha value is -2.14. The van der Waals surface area contributed by atoms with Gasteiger partial charge in [0.15, 0.2) is 0 Å². The van der Waals surface area contributed by atoms with Gasteiger partial charge in [-0.25, -0.2) is 4.98 Å². The molecule has 2 heterocycles. The van der Waals surface area contributed by atoms with Gasteiger partial charge in [0.05, 0.1) is 5.69 Å². The van der Waals surface area contributed by atoms with Crippen LogP contribution in [0, 0.1) is 6.92 Å². The molecule has 1 saturated heterocycles. The van der Waals surface area contributed by atoms with Crippen molar-refractivity contribution in [3.8, 4) is 0 Å². The monoisotopic (exact) mass is 312 g/mol. The molecule has 1 fully saturated rings. The maximum Gasteiger partial charge on any atom is 0.253 e. The van der Waals surface area contributed by atoms with Gasteiger partial charge >= 0.3 is 0 Å². The van der Waals surface area contributed by atoms with E-state index in [2.05, 4.69) is 28.7 Å². The van der Waals surface area contributed by atoms with Crippen molar-refractivity contribution >= 4 is 5.91 Å². The van der Waals surface area contributed by atoms with E-state index in [1.807, 2.05) is 35.2 Å². The van der Waals surface area contributed by atoms with Crippen LogP contribution < -0.4 is 0 Å². The largest absolute Gasteiger partial charge is 0.346 e. The number of hydrogen-bond donors (Lipinski definition) is 1. The van der Waals surface area contributed by atoms with Gasteiger partial charge in [-0.2, -0.15) is 0 Å². The summed E-state index contributed by atoms with van der Waals surface area (Å²) in [5, 5.41) is 0. The highest BCUT2D eigenvalue weighted by atomic mass is 16.2. The summed E-state index contributed by atoms with van der Waals surface area (Å²) in [7, 11) is 0. The number of carbonyl (C=O) groups is 1. The highest BCUT2D eigenvalue weighted by molar-refractivity contribution is 5.94. The molecule has 0 unspecified atom stereocenters. The van der Waals surface area contributed by atoms with E-state index in [9.17, 15) is 4.79 Å². The lowest BCUT2D eigenvalue weighted by atomic mass is 10.2. The van der Waals surface area contributed by atoms with Crippen LogP contribution in [0.1, 0.15) is 34.5 Å². The predicted molar refractivity (Wildman–Crippen MR) is 90.3 cm³/mol. The minimum Gasteiger partial charge on any atom is -0.346 e. The van der Waals surface area contributed by atoms with Crippen LogP contribution in [0.4, 0.5) is 0 Å².